The molecule has 0 spiro atoms. The van der Waals surface area contributed by atoms with E-state index in [0.29, 0.717) is 18.8 Å². The van der Waals surface area contributed by atoms with Crippen LogP contribution >= 0.6 is 0 Å². The fraction of sp³-hybridized carbons (Fsp3) is 0.188. The summed E-state index contributed by atoms with van der Waals surface area (Å²) in [5.74, 6) is -0.896. The fourth-order valence-electron chi connectivity index (χ4n) is 1.77. The van der Waals surface area contributed by atoms with Crippen LogP contribution in [0.15, 0.2) is 54.6 Å². The van der Waals surface area contributed by atoms with Gasteiger partial charge in [-0.3, -0.25) is 0 Å². The predicted molar refractivity (Wildman–Crippen MR) is 73.2 cm³/mol. The van der Waals surface area contributed by atoms with E-state index in [4.69, 9.17) is 9.84 Å². The van der Waals surface area contributed by atoms with E-state index in [0.717, 1.165) is 17.5 Å². The smallest absolute Gasteiger partial charge is 0.335 e. The van der Waals surface area contributed by atoms with Gasteiger partial charge >= 0.3 is 5.97 Å². The summed E-state index contributed by atoms with van der Waals surface area (Å²) in [4.78, 5) is 10.7. The van der Waals surface area contributed by atoms with E-state index < -0.39 is 5.97 Å². The third-order valence-corrected chi connectivity index (χ3v) is 2.85. The highest BCUT2D eigenvalue weighted by Crippen LogP contribution is 2.06. The molecule has 0 heterocycles. The molecule has 0 unspecified atom stereocenters. The van der Waals surface area contributed by atoms with Gasteiger partial charge in [-0.15, -0.1) is 0 Å². The first-order valence-corrected chi connectivity index (χ1v) is 6.19. The van der Waals surface area contributed by atoms with Crippen LogP contribution in [0.5, 0.6) is 0 Å². The van der Waals surface area contributed by atoms with Gasteiger partial charge in [0.15, 0.2) is 0 Å². The standard InChI is InChI=1S/C16H16O3/c17-16(18)15-8-6-13(7-9-15)10-11-19-12-14-4-2-1-3-5-14/h1-9H,10-12H2,(H,17,18). The normalized spacial score (nSPS) is 10.3. The minimum Gasteiger partial charge on any atom is -0.478 e. The van der Waals surface area contributed by atoms with Crippen molar-refractivity contribution in [3.63, 3.8) is 0 Å². The second-order valence-corrected chi connectivity index (χ2v) is 4.29. The van der Waals surface area contributed by atoms with Crippen molar-refractivity contribution in [3.8, 4) is 0 Å². The van der Waals surface area contributed by atoms with Gasteiger partial charge in [0.05, 0.1) is 18.8 Å². The van der Waals surface area contributed by atoms with E-state index in [1.54, 1.807) is 12.1 Å². The topological polar surface area (TPSA) is 46.5 Å². The van der Waals surface area contributed by atoms with E-state index in [9.17, 15) is 4.79 Å². The summed E-state index contributed by atoms with van der Waals surface area (Å²) in [6.45, 7) is 1.23. The number of carboxylic acid groups (broad SMARTS) is 1. The molecule has 98 valence electrons. The molecule has 0 atom stereocenters. The van der Waals surface area contributed by atoms with Crippen LogP contribution in [0.2, 0.25) is 0 Å². The van der Waals surface area contributed by atoms with Crippen LogP contribution in [0.1, 0.15) is 21.5 Å². The Balaban J connectivity index is 1.75. The number of benzene rings is 2. The molecule has 0 saturated heterocycles. The summed E-state index contributed by atoms with van der Waals surface area (Å²) in [6, 6.07) is 16.9. The minimum absolute atomic E-state index is 0.314. The second kappa shape index (κ2) is 6.71. The van der Waals surface area contributed by atoms with Gasteiger partial charge in [-0.25, -0.2) is 4.79 Å². The average Bonchev–Trinajstić information content (AvgIpc) is 2.45. The van der Waals surface area contributed by atoms with Crippen molar-refractivity contribution in [2.45, 2.75) is 13.0 Å². The highest BCUT2D eigenvalue weighted by Gasteiger charge is 2.01. The summed E-state index contributed by atoms with van der Waals surface area (Å²) < 4.78 is 5.58. The second-order valence-electron chi connectivity index (χ2n) is 4.29. The van der Waals surface area contributed by atoms with Crippen LogP contribution in [0.4, 0.5) is 0 Å². The Morgan fingerprint density at radius 3 is 2.26 bits per heavy atom. The Kier molecular flexibility index (Phi) is 4.70. The van der Waals surface area contributed by atoms with Gasteiger partial charge in [-0.05, 0) is 29.7 Å². The van der Waals surface area contributed by atoms with Gasteiger partial charge in [0, 0.05) is 0 Å². The van der Waals surface area contributed by atoms with E-state index in [2.05, 4.69) is 0 Å². The molecule has 1 N–H and O–H groups in total. The van der Waals surface area contributed by atoms with Crippen LogP contribution in [0, 0.1) is 0 Å². The third kappa shape index (κ3) is 4.23. The summed E-state index contributed by atoms with van der Waals surface area (Å²) in [5, 5.41) is 8.79. The minimum atomic E-state index is -0.896. The lowest BCUT2D eigenvalue weighted by atomic mass is 10.1. The number of aromatic carboxylic acids is 1. The number of hydrogen-bond donors (Lipinski definition) is 1. The van der Waals surface area contributed by atoms with E-state index >= 15 is 0 Å². The largest absolute Gasteiger partial charge is 0.478 e. The molecule has 0 saturated carbocycles. The summed E-state index contributed by atoms with van der Waals surface area (Å²) in [6.07, 6.45) is 0.784. The molecular formula is C16H16O3. The van der Waals surface area contributed by atoms with Gasteiger partial charge in [-0.1, -0.05) is 42.5 Å². The van der Waals surface area contributed by atoms with Crippen molar-refractivity contribution in [1.82, 2.24) is 0 Å². The van der Waals surface area contributed by atoms with Crippen molar-refractivity contribution in [2.75, 3.05) is 6.61 Å². The lowest BCUT2D eigenvalue weighted by Crippen LogP contribution is -2.00. The Bertz CT molecular complexity index is 517. The highest BCUT2D eigenvalue weighted by atomic mass is 16.5. The molecule has 3 heteroatoms. The lowest BCUT2D eigenvalue weighted by molar-refractivity contribution is 0.0697. The molecule has 19 heavy (non-hydrogen) atoms. The van der Waals surface area contributed by atoms with Crippen LogP contribution in [0.3, 0.4) is 0 Å². The van der Waals surface area contributed by atoms with Crippen molar-refractivity contribution in [2.24, 2.45) is 0 Å². The van der Waals surface area contributed by atoms with Gasteiger partial charge < -0.3 is 9.84 Å². The Morgan fingerprint density at radius 2 is 1.63 bits per heavy atom. The van der Waals surface area contributed by atoms with Crippen LogP contribution < -0.4 is 0 Å². The monoisotopic (exact) mass is 256 g/mol. The summed E-state index contributed by atoms with van der Waals surface area (Å²) in [7, 11) is 0. The first kappa shape index (κ1) is 13.3. The molecule has 0 radical (unpaired) electrons. The molecule has 0 aliphatic carbocycles. The summed E-state index contributed by atoms with van der Waals surface area (Å²) >= 11 is 0. The molecule has 2 aromatic carbocycles. The zero-order valence-electron chi connectivity index (χ0n) is 10.6. The highest BCUT2D eigenvalue weighted by molar-refractivity contribution is 5.87. The molecule has 2 rings (SSSR count). The van der Waals surface area contributed by atoms with Crippen molar-refractivity contribution in [1.29, 1.82) is 0 Å². The quantitative estimate of drug-likeness (QED) is 0.808. The number of hydrogen-bond acceptors (Lipinski definition) is 2. The zero-order chi connectivity index (χ0) is 13.5. The first-order chi connectivity index (χ1) is 9.25. The Hall–Kier alpha value is -2.13. The molecule has 0 aromatic heterocycles. The van der Waals surface area contributed by atoms with Crippen molar-refractivity contribution >= 4 is 5.97 Å². The summed E-state index contributed by atoms with van der Waals surface area (Å²) in [5.41, 5.74) is 2.55. The molecular weight excluding hydrogens is 240 g/mol. The van der Waals surface area contributed by atoms with Crippen LogP contribution in [0.25, 0.3) is 0 Å². The van der Waals surface area contributed by atoms with Gasteiger partial charge in [0.1, 0.15) is 0 Å². The van der Waals surface area contributed by atoms with Gasteiger partial charge in [0.25, 0.3) is 0 Å². The predicted octanol–water partition coefficient (Wildman–Crippen LogP) is 3.14. The van der Waals surface area contributed by atoms with E-state index in [1.165, 1.54) is 0 Å². The molecule has 0 bridgehead atoms. The number of ether oxygens (including phenoxy) is 1. The molecule has 0 fully saturated rings. The molecule has 0 amide bonds. The van der Waals surface area contributed by atoms with Crippen molar-refractivity contribution in [3.05, 3.63) is 71.3 Å². The van der Waals surface area contributed by atoms with Crippen LogP contribution in [-0.4, -0.2) is 17.7 Å². The fourth-order valence-corrected chi connectivity index (χ4v) is 1.77. The Morgan fingerprint density at radius 1 is 0.947 bits per heavy atom. The maximum Gasteiger partial charge on any atom is 0.335 e. The zero-order valence-corrected chi connectivity index (χ0v) is 10.6. The lowest BCUT2D eigenvalue weighted by Gasteiger charge is -2.05. The number of carbonyl (C=O) groups is 1. The molecule has 2 aromatic rings. The average molecular weight is 256 g/mol. The first-order valence-electron chi connectivity index (χ1n) is 6.19. The van der Waals surface area contributed by atoms with Crippen LogP contribution in [-0.2, 0) is 17.8 Å². The Labute approximate surface area is 112 Å². The maximum atomic E-state index is 10.7. The molecule has 3 nitrogen and oxygen atoms in total. The number of rotatable bonds is 6. The molecule has 0 aliphatic rings. The SMILES string of the molecule is O=C(O)c1ccc(CCOCc2ccccc2)cc1. The van der Waals surface area contributed by atoms with E-state index in [1.807, 2.05) is 42.5 Å². The molecule has 0 aliphatic heterocycles. The van der Waals surface area contributed by atoms with Crippen molar-refractivity contribution < 1.29 is 14.6 Å². The maximum absolute atomic E-state index is 10.7. The van der Waals surface area contributed by atoms with E-state index in [-0.39, 0.29) is 0 Å². The third-order valence-electron chi connectivity index (χ3n) is 2.85. The number of carboxylic acids is 1. The van der Waals surface area contributed by atoms with Gasteiger partial charge in [-0.2, -0.15) is 0 Å². The van der Waals surface area contributed by atoms with Gasteiger partial charge in [0.2, 0.25) is 0 Å².